The van der Waals surface area contributed by atoms with E-state index in [1.165, 1.54) is 17.9 Å². The first-order chi connectivity index (χ1) is 19.4. The van der Waals surface area contributed by atoms with Gasteiger partial charge in [0, 0.05) is 48.8 Å². The molecule has 0 spiro atoms. The van der Waals surface area contributed by atoms with Crippen molar-refractivity contribution >= 4 is 41.8 Å². The third-order valence-corrected chi connectivity index (χ3v) is 9.25. The van der Waals surface area contributed by atoms with E-state index in [0.29, 0.717) is 34.4 Å². The standard InChI is InChI=1S/C31H37N3O6Si/c1-19-14-26(38-3)27(24-10-11-33(28(19)24)31(36)37)29(20(2)30(35)39-4)34-17-22-15-21(16-32)8-9-23(22)25(34)18-40-12-13-41(5,6)7/h8-11,14-15,17,20,29H,12-13,18H2,1-7H3,(H,36,37). The number of nitrogens with zero attached hydrogens (tertiary/aromatic N) is 3. The Balaban J connectivity index is 2.02. The van der Waals surface area contributed by atoms with E-state index in [0.717, 1.165) is 28.1 Å². The predicted octanol–water partition coefficient (Wildman–Crippen LogP) is 6.56. The van der Waals surface area contributed by atoms with Crippen LogP contribution in [0.4, 0.5) is 4.79 Å². The Kier molecular flexibility index (Phi) is 8.61. The van der Waals surface area contributed by atoms with Crippen LogP contribution in [-0.2, 0) is 20.9 Å². The third kappa shape index (κ3) is 5.87. The number of methoxy groups -OCH3 is 2. The van der Waals surface area contributed by atoms with Crippen LogP contribution in [0.3, 0.4) is 0 Å². The van der Waals surface area contributed by atoms with Gasteiger partial charge in [-0.1, -0.05) is 25.7 Å². The van der Waals surface area contributed by atoms with E-state index in [-0.39, 0.29) is 6.61 Å². The number of nitriles is 1. The maximum atomic E-state index is 13.2. The fourth-order valence-electron chi connectivity index (χ4n) is 5.42. The highest BCUT2D eigenvalue weighted by Crippen LogP contribution is 2.43. The number of fused-ring (bicyclic) bond motifs is 2. The van der Waals surface area contributed by atoms with Crippen LogP contribution in [0.15, 0.2) is 42.7 Å². The van der Waals surface area contributed by atoms with Crippen molar-refractivity contribution in [1.29, 1.82) is 5.26 Å². The fraction of sp³-hybridized carbons (Fsp3) is 0.387. The highest BCUT2D eigenvalue weighted by molar-refractivity contribution is 6.76. The summed E-state index contributed by atoms with van der Waals surface area (Å²) in [6.07, 6.45) is 2.33. The molecule has 2 heterocycles. The molecular weight excluding hydrogens is 538 g/mol. The Hall–Kier alpha value is -4.07. The number of aryl methyl sites for hydroxylation is 1. The lowest BCUT2D eigenvalue weighted by Gasteiger charge is -2.29. The highest BCUT2D eigenvalue weighted by atomic mass is 28.3. The van der Waals surface area contributed by atoms with Crippen LogP contribution in [0.2, 0.25) is 25.7 Å². The van der Waals surface area contributed by atoms with E-state index in [4.69, 9.17) is 14.2 Å². The number of hydrogen-bond acceptors (Lipinski definition) is 6. The summed E-state index contributed by atoms with van der Waals surface area (Å²) in [6, 6.07) is 11.6. The van der Waals surface area contributed by atoms with Crippen LogP contribution < -0.4 is 4.74 Å². The number of carbonyl (C=O) groups excluding carboxylic acids is 1. The first-order valence-electron chi connectivity index (χ1n) is 13.5. The number of carboxylic acid groups (broad SMARTS) is 1. The summed E-state index contributed by atoms with van der Waals surface area (Å²) in [6.45, 7) is 11.4. The van der Waals surface area contributed by atoms with Gasteiger partial charge in [-0.3, -0.25) is 9.36 Å². The Labute approximate surface area is 240 Å². The summed E-state index contributed by atoms with van der Waals surface area (Å²) in [5.74, 6) is -0.588. The molecule has 2 aromatic heterocycles. The Morgan fingerprint density at radius 3 is 2.46 bits per heavy atom. The molecule has 2 unspecified atom stereocenters. The second-order valence-corrected chi connectivity index (χ2v) is 17.2. The van der Waals surface area contributed by atoms with E-state index in [2.05, 4.69) is 25.7 Å². The number of rotatable bonds is 10. The van der Waals surface area contributed by atoms with Gasteiger partial charge >= 0.3 is 12.1 Å². The van der Waals surface area contributed by atoms with Crippen molar-refractivity contribution in [3.63, 3.8) is 0 Å². The van der Waals surface area contributed by atoms with Gasteiger partial charge in [-0.05, 0) is 49.7 Å². The van der Waals surface area contributed by atoms with Gasteiger partial charge in [-0.15, -0.1) is 0 Å². The minimum absolute atomic E-state index is 0.289. The van der Waals surface area contributed by atoms with Crippen LogP contribution in [0, 0.1) is 24.2 Å². The molecule has 41 heavy (non-hydrogen) atoms. The number of ether oxygens (including phenoxy) is 3. The summed E-state index contributed by atoms with van der Waals surface area (Å²) in [5.41, 5.74) is 3.27. The molecule has 9 nitrogen and oxygen atoms in total. The predicted molar refractivity (Wildman–Crippen MR) is 160 cm³/mol. The van der Waals surface area contributed by atoms with Crippen molar-refractivity contribution in [2.24, 2.45) is 5.92 Å². The first kappa shape index (κ1) is 29.9. The largest absolute Gasteiger partial charge is 0.496 e. The summed E-state index contributed by atoms with van der Waals surface area (Å²) < 4.78 is 20.5. The van der Waals surface area contributed by atoms with Gasteiger partial charge < -0.3 is 23.9 Å². The molecule has 4 rings (SSSR count). The van der Waals surface area contributed by atoms with Crippen LogP contribution >= 0.6 is 0 Å². The average molecular weight is 576 g/mol. The number of hydrogen-bond donors (Lipinski definition) is 1. The maximum Gasteiger partial charge on any atom is 0.416 e. The smallest absolute Gasteiger partial charge is 0.416 e. The average Bonchev–Trinajstić information content (AvgIpc) is 3.53. The second kappa shape index (κ2) is 11.8. The summed E-state index contributed by atoms with van der Waals surface area (Å²) in [4.78, 5) is 25.3. The van der Waals surface area contributed by atoms with E-state index in [1.807, 2.05) is 29.8 Å². The van der Waals surface area contributed by atoms with Gasteiger partial charge in [0.15, 0.2) is 0 Å². The lowest BCUT2D eigenvalue weighted by atomic mass is 9.89. The van der Waals surface area contributed by atoms with Crippen molar-refractivity contribution < 1.29 is 28.9 Å². The molecule has 10 heteroatoms. The Morgan fingerprint density at radius 1 is 1.12 bits per heavy atom. The van der Waals surface area contributed by atoms with Crippen molar-refractivity contribution in [3.05, 3.63) is 65.1 Å². The zero-order chi connectivity index (χ0) is 30.1. The lowest BCUT2D eigenvalue weighted by molar-refractivity contribution is -0.145. The molecule has 0 fully saturated rings. The van der Waals surface area contributed by atoms with E-state index >= 15 is 0 Å². The number of aromatic nitrogens is 2. The molecule has 4 aromatic rings. The van der Waals surface area contributed by atoms with E-state index in [9.17, 15) is 20.0 Å². The molecule has 2 atom stereocenters. The number of esters is 1. The number of carbonyl (C=O) groups is 2. The van der Waals surface area contributed by atoms with Crippen molar-refractivity contribution in [1.82, 2.24) is 9.13 Å². The molecule has 0 aliphatic rings. The van der Waals surface area contributed by atoms with Crippen molar-refractivity contribution in [2.75, 3.05) is 20.8 Å². The van der Waals surface area contributed by atoms with Gasteiger partial charge in [0.2, 0.25) is 0 Å². The van der Waals surface area contributed by atoms with Gasteiger partial charge in [0.1, 0.15) is 5.75 Å². The minimum Gasteiger partial charge on any atom is -0.496 e. The van der Waals surface area contributed by atoms with Crippen molar-refractivity contribution in [3.8, 4) is 11.8 Å². The van der Waals surface area contributed by atoms with Gasteiger partial charge in [0.05, 0.1) is 55.6 Å². The van der Waals surface area contributed by atoms with Crippen LogP contribution in [0.1, 0.15) is 35.3 Å². The van der Waals surface area contributed by atoms with Crippen LogP contribution in [0.25, 0.3) is 21.7 Å². The SMILES string of the molecule is COC(=O)C(C)C(c1c(OC)cc(C)c2c1ccn2C(=O)O)n1cc2cc(C#N)ccc2c1COCC[Si](C)(C)C. The molecule has 0 amide bonds. The molecule has 0 aliphatic heterocycles. The molecule has 2 aromatic carbocycles. The van der Waals surface area contributed by atoms with Crippen molar-refractivity contribution in [2.45, 2.75) is 52.2 Å². The maximum absolute atomic E-state index is 13.2. The third-order valence-electron chi connectivity index (χ3n) is 7.55. The van der Waals surface area contributed by atoms with E-state index in [1.54, 1.807) is 32.2 Å². The summed E-state index contributed by atoms with van der Waals surface area (Å²) in [7, 11) is 1.59. The lowest BCUT2D eigenvalue weighted by Crippen LogP contribution is -2.28. The molecule has 216 valence electrons. The zero-order valence-electron chi connectivity index (χ0n) is 24.6. The van der Waals surface area contributed by atoms with Gasteiger partial charge in [-0.2, -0.15) is 5.26 Å². The molecule has 0 aliphatic carbocycles. The first-order valence-corrected chi connectivity index (χ1v) is 17.2. The second-order valence-electron chi connectivity index (χ2n) is 11.6. The molecule has 0 saturated heterocycles. The minimum atomic E-state index is -1.32. The monoisotopic (exact) mass is 575 g/mol. The van der Waals surface area contributed by atoms with Crippen LogP contribution in [0.5, 0.6) is 5.75 Å². The Morgan fingerprint density at radius 2 is 1.85 bits per heavy atom. The Bertz CT molecular complexity index is 1660. The molecule has 0 saturated carbocycles. The van der Waals surface area contributed by atoms with Gasteiger partial charge in [0.25, 0.3) is 0 Å². The molecule has 0 bridgehead atoms. The van der Waals surface area contributed by atoms with Crippen LogP contribution in [-0.4, -0.2) is 55.2 Å². The summed E-state index contributed by atoms with van der Waals surface area (Å²) >= 11 is 0. The zero-order valence-corrected chi connectivity index (χ0v) is 25.6. The topological polar surface area (TPSA) is 116 Å². The quantitative estimate of drug-likeness (QED) is 0.129. The fourth-order valence-corrected chi connectivity index (χ4v) is 6.18. The summed E-state index contributed by atoms with van der Waals surface area (Å²) in [5, 5.41) is 21.8. The molecule has 1 N–H and O–H groups in total. The highest BCUT2D eigenvalue weighted by Gasteiger charge is 2.35. The normalized spacial score (nSPS) is 13.2. The molecular formula is C31H37N3O6Si. The van der Waals surface area contributed by atoms with Gasteiger partial charge in [-0.25, -0.2) is 4.79 Å². The molecule has 0 radical (unpaired) electrons. The number of benzene rings is 2. The van der Waals surface area contributed by atoms with E-state index < -0.39 is 32.1 Å².